The third kappa shape index (κ3) is 5.60. The van der Waals surface area contributed by atoms with Gasteiger partial charge in [-0.15, -0.1) is 11.3 Å². The number of hydrogen-bond acceptors (Lipinski definition) is 4. The van der Waals surface area contributed by atoms with Crippen molar-refractivity contribution in [1.29, 1.82) is 0 Å². The quantitative estimate of drug-likeness (QED) is 0.749. The van der Waals surface area contributed by atoms with Crippen molar-refractivity contribution in [2.45, 2.75) is 51.5 Å². The molecule has 2 heterocycles. The average molecular weight is 371 g/mol. The standard InChI is InChI=1S/C17H23ClN2O3S/c1-2-4-16(22)19-12-5-3-10-20(11-12)17(23)9-6-13(21)14-7-8-15(18)24-14/h7-8,12H,2-6,9-11H2,1H3,(H,19,22). The number of carbonyl (C=O) groups is 3. The Bertz CT molecular complexity index is 602. The van der Waals surface area contributed by atoms with Crippen LogP contribution in [0.1, 0.15) is 55.1 Å². The first-order valence-electron chi connectivity index (χ1n) is 8.35. The molecule has 0 saturated carbocycles. The van der Waals surface area contributed by atoms with Gasteiger partial charge in [0, 0.05) is 38.4 Å². The molecular weight excluding hydrogens is 348 g/mol. The fourth-order valence-corrected chi connectivity index (χ4v) is 3.82. The van der Waals surface area contributed by atoms with Crippen molar-refractivity contribution in [3.8, 4) is 0 Å². The van der Waals surface area contributed by atoms with E-state index < -0.39 is 0 Å². The molecule has 0 spiro atoms. The van der Waals surface area contributed by atoms with Gasteiger partial charge in [0.2, 0.25) is 11.8 Å². The molecule has 2 amide bonds. The summed E-state index contributed by atoms with van der Waals surface area (Å²) in [6.07, 6.45) is 3.49. The molecule has 1 N–H and O–H groups in total. The molecule has 1 aromatic rings. The molecule has 0 radical (unpaired) electrons. The molecule has 1 fully saturated rings. The number of Topliss-reactive ketones (excluding diaryl/α,β-unsaturated/α-hetero) is 1. The highest BCUT2D eigenvalue weighted by Crippen LogP contribution is 2.23. The van der Waals surface area contributed by atoms with E-state index in [1.807, 2.05) is 6.92 Å². The smallest absolute Gasteiger partial charge is 0.223 e. The van der Waals surface area contributed by atoms with Crippen LogP contribution in [0.25, 0.3) is 0 Å². The number of hydrogen-bond donors (Lipinski definition) is 1. The van der Waals surface area contributed by atoms with Crippen LogP contribution in [-0.4, -0.2) is 41.6 Å². The summed E-state index contributed by atoms with van der Waals surface area (Å²) in [5, 5.41) is 2.99. The predicted molar refractivity (Wildman–Crippen MR) is 95.5 cm³/mol. The van der Waals surface area contributed by atoms with Gasteiger partial charge >= 0.3 is 0 Å². The summed E-state index contributed by atoms with van der Waals surface area (Å²) in [7, 11) is 0. The highest BCUT2D eigenvalue weighted by atomic mass is 35.5. The lowest BCUT2D eigenvalue weighted by atomic mass is 10.0. The van der Waals surface area contributed by atoms with Crippen LogP contribution in [0.15, 0.2) is 12.1 Å². The van der Waals surface area contributed by atoms with E-state index >= 15 is 0 Å². The minimum Gasteiger partial charge on any atom is -0.352 e. The zero-order valence-corrected chi connectivity index (χ0v) is 15.4. The molecule has 0 aromatic carbocycles. The lowest BCUT2D eigenvalue weighted by molar-refractivity contribution is -0.133. The second kappa shape index (κ2) is 9.18. The molecule has 1 saturated heterocycles. The van der Waals surface area contributed by atoms with Crippen molar-refractivity contribution in [3.05, 3.63) is 21.3 Å². The van der Waals surface area contributed by atoms with Gasteiger partial charge < -0.3 is 10.2 Å². The lowest BCUT2D eigenvalue weighted by Gasteiger charge is -2.33. The van der Waals surface area contributed by atoms with E-state index in [1.165, 1.54) is 11.3 Å². The van der Waals surface area contributed by atoms with Crippen LogP contribution in [0.4, 0.5) is 0 Å². The maximum atomic E-state index is 12.3. The minimum absolute atomic E-state index is 0.0218. The van der Waals surface area contributed by atoms with Crippen LogP contribution in [0.2, 0.25) is 4.34 Å². The Morgan fingerprint density at radius 3 is 2.75 bits per heavy atom. The first kappa shape index (κ1) is 18.9. The van der Waals surface area contributed by atoms with E-state index in [2.05, 4.69) is 5.32 Å². The molecule has 24 heavy (non-hydrogen) atoms. The summed E-state index contributed by atoms with van der Waals surface area (Å²) >= 11 is 7.06. The molecule has 2 rings (SSSR count). The number of carbonyl (C=O) groups excluding carboxylic acids is 3. The molecule has 1 aliphatic heterocycles. The highest BCUT2D eigenvalue weighted by molar-refractivity contribution is 7.18. The predicted octanol–water partition coefficient (Wildman–Crippen LogP) is 3.27. The van der Waals surface area contributed by atoms with Gasteiger partial charge in [-0.1, -0.05) is 18.5 Å². The number of amides is 2. The summed E-state index contributed by atoms with van der Waals surface area (Å²) in [6, 6.07) is 3.41. The van der Waals surface area contributed by atoms with Crippen molar-refractivity contribution in [2.75, 3.05) is 13.1 Å². The number of likely N-dealkylation sites (tertiary alicyclic amines) is 1. The molecule has 5 nitrogen and oxygen atoms in total. The number of thiophene rings is 1. The van der Waals surface area contributed by atoms with Gasteiger partial charge in [-0.25, -0.2) is 0 Å². The summed E-state index contributed by atoms with van der Waals surface area (Å²) < 4.78 is 0.575. The van der Waals surface area contributed by atoms with Crippen LogP contribution in [0, 0.1) is 0 Å². The van der Waals surface area contributed by atoms with E-state index in [-0.39, 0.29) is 36.5 Å². The number of rotatable bonds is 7. The minimum atomic E-state index is -0.0509. The summed E-state index contributed by atoms with van der Waals surface area (Å²) in [5.41, 5.74) is 0. The van der Waals surface area contributed by atoms with Gasteiger partial charge in [0.25, 0.3) is 0 Å². The van der Waals surface area contributed by atoms with E-state index in [9.17, 15) is 14.4 Å². The topological polar surface area (TPSA) is 66.5 Å². The third-order valence-electron chi connectivity index (χ3n) is 4.03. The molecule has 0 aliphatic carbocycles. The van der Waals surface area contributed by atoms with Crippen molar-refractivity contribution in [2.24, 2.45) is 0 Å². The number of halogens is 1. The number of nitrogens with one attached hydrogen (secondary N) is 1. The van der Waals surface area contributed by atoms with Crippen LogP contribution >= 0.6 is 22.9 Å². The molecule has 1 atom stereocenters. The Morgan fingerprint density at radius 2 is 2.08 bits per heavy atom. The van der Waals surface area contributed by atoms with Gasteiger partial charge in [-0.2, -0.15) is 0 Å². The van der Waals surface area contributed by atoms with Crippen LogP contribution in [0.3, 0.4) is 0 Å². The third-order valence-corrected chi connectivity index (χ3v) is 5.30. The Kier molecular flexibility index (Phi) is 7.24. The first-order valence-corrected chi connectivity index (χ1v) is 9.54. The molecule has 132 valence electrons. The van der Waals surface area contributed by atoms with Crippen LogP contribution in [0.5, 0.6) is 0 Å². The fraction of sp³-hybridized carbons (Fsp3) is 0.588. The van der Waals surface area contributed by atoms with E-state index in [0.717, 1.165) is 19.3 Å². The Balaban J connectivity index is 1.79. The molecule has 1 aromatic heterocycles. The summed E-state index contributed by atoms with van der Waals surface area (Å²) in [6.45, 7) is 3.19. The number of ketones is 1. The SMILES string of the molecule is CCCC(=O)NC1CCCN(C(=O)CCC(=O)c2ccc(Cl)s2)C1. The Hall–Kier alpha value is -1.40. The molecular formula is C17H23ClN2O3S. The Morgan fingerprint density at radius 1 is 1.29 bits per heavy atom. The summed E-state index contributed by atoms with van der Waals surface area (Å²) in [4.78, 5) is 38.4. The second-order valence-electron chi connectivity index (χ2n) is 6.02. The highest BCUT2D eigenvalue weighted by Gasteiger charge is 2.25. The van der Waals surface area contributed by atoms with Crippen LogP contribution in [-0.2, 0) is 9.59 Å². The van der Waals surface area contributed by atoms with Gasteiger partial charge in [0.15, 0.2) is 5.78 Å². The van der Waals surface area contributed by atoms with Crippen molar-refractivity contribution >= 4 is 40.5 Å². The molecule has 1 unspecified atom stereocenters. The maximum Gasteiger partial charge on any atom is 0.223 e. The van der Waals surface area contributed by atoms with Crippen molar-refractivity contribution < 1.29 is 14.4 Å². The van der Waals surface area contributed by atoms with E-state index in [4.69, 9.17) is 11.6 Å². The maximum absolute atomic E-state index is 12.3. The van der Waals surface area contributed by atoms with Crippen LogP contribution < -0.4 is 5.32 Å². The second-order valence-corrected chi connectivity index (χ2v) is 7.74. The molecule has 1 aliphatic rings. The largest absolute Gasteiger partial charge is 0.352 e. The zero-order chi connectivity index (χ0) is 17.5. The first-order chi connectivity index (χ1) is 11.5. The van der Waals surface area contributed by atoms with Gasteiger partial charge in [-0.05, 0) is 31.4 Å². The monoisotopic (exact) mass is 370 g/mol. The molecule has 0 bridgehead atoms. The lowest BCUT2D eigenvalue weighted by Crippen LogP contribution is -2.49. The number of piperidine rings is 1. The van der Waals surface area contributed by atoms with Gasteiger partial charge in [0.1, 0.15) is 0 Å². The average Bonchev–Trinajstić information content (AvgIpc) is 2.99. The fourth-order valence-electron chi connectivity index (χ4n) is 2.81. The number of nitrogens with zero attached hydrogens (tertiary/aromatic N) is 1. The zero-order valence-electron chi connectivity index (χ0n) is 13.8. The normalized spacial score (nSPS) is 17.6. The van der Waals surface area contributed by atoms with Crippen molar-refractivity contribution in [1.82, 2.24) is 10.2 Å². The van der Waals surface area contributed by atoms with E-state index in [0.29, 0.717) is 28.7 Å². The molecule has 7 heteroatoms. The van der Waals surface area contributed by atoms with Gasteiger partial charge in [-0.3, -0.25) is 14.4 Å². The van der Waals surface area contributed by atoms with E-state index in [1.54, 1.807) is 17.0 Å². The summed E-state index contributed by atoms with van der Waals surface area (Å²) in [5.74, 6) is -0.0351. The Labute approximate surface area is 151 Å². The van der Waals surface area contributed by atoms with Gasteiger partial charge in [0.05, 0.1) is 9.21 Å². The van der Waals surface area contributed by atoms with Crippen molar-refractivity contribution in [3.63, 3.8) is 0 Å².